The van der Waals surface area contributed by atoms with Crippen molar-refractivity contribution in [1.82, 2.24) is 0 Å². The number of methoxy groups -OCH3 is 1. The second-order valence-corrected chi connectivity index (χ2v) is 5.39. The van der Waals surface area contributed by atoms with E-state index < -0.39 is 5.91 Å². The molecule has 0 unspecified atom stereocenters. The molecule has 0 atom stereocenters. The van der Waals surface area contributed by atoms with Crippen molar-refractivity contribution in [2.24, 2.45) is 0 Å². The highest BCUT2D eigenvalue weighted by molar-refractivity contribution is 6.30. The maximum Gasteiger partial charge on any atom is 0.267 e. The van der Waals surface area contributed by atoms with Crippen LogP contribution < -0.4 is 15.4 Å². The zero-order chi connectivity index (χ0) is 17.5. The van der Waals surface area contributed by atoms with E-state index in [0.29, 0.717) is 16.5 Å². The maximum absolute atomic E-state index is 12.2. The number of nitriles is 1. The third-order valence-corrected chi connectivity index (χ3v) is 3.52. The topological polar surface area (TPSA) is 74.1 Å². The zero-order valence-corrected chi connectivity index (χ0v) is 14.0. The van der Waals surface area contributed by atoms with E-state index in [1.807, 2.05) is 19.1 Å². The molecule has 5 nitrogen and oxygen atoms in total. The van der Waals surface area contributed by atoms with Gasteiger partial charge in [0.15, 0.2) is 0 Å². The van der Waals surface area contributed by atoms with Crippen LogP contribution in [0.25, 0.3) is 0 Å². The fourth-order valence-corrected chi connectivity index (χ4v) is 2.09. The molecule has 0 fully saturated rings. The summed E-state index contributed by atoms with van der Waals surface area (Å²) in [6.45, 7) is 1.90. The number of nitrogens with one attached hydrogen (secondary N) is 2. The van der Waals surface area contributed by atoms with E-state index in [1.165, 1.54) is 6.20 Å². The SMILES string of the molecule is COc1ccc(NC(=O)/C(C#N)=C\Nc2cc(Cl)ccc2C)cc1. The molecule has 24 heavy (non-hydrogen) atoms. The lowest BCUT2D eigenvalue weighted by atomic mass is 10.2. The Morgan fingerprint density at radius 2 is 1.96 bits per heavy atom. The van der Waals surface area contributed by atoms with Crippen LogP contribution in [0, 0.1) is 18.3 Å². The van der Waals surface area contributed by atoms with E-state index in [0.717, 1.165) is 11.3 Å². The van der Waals surface area contributed by atoms with E-state index in [-0.39, 0.29) is 5.57 Å². The summed E-state index contributed by atoms with van der Waals surface area (Å²) in [5, 5.41) is 15.4. The van der Waals surface area contributed by atoms with Gasteiger partial charge in [0.2, 0.25) is 0 Å². The summed E-state index contributed by atoms with van der Waals surface area (Å²) in [5.74, 6) is 0.178. The Bertz CT molecular complexity index is 808. The van der Waals surface area contributed by atoms with E-state index in [4.69, 9.17) is 16.3 Å². The zero-order valence-electron chi connectivity index (χ0n) is 13.3. The van der Waals surface area contributed by atoms with E-state index in [9.17, 15) is 10.1 Å². The summed E-state index contributed by atoms with van der Waals surface area (Å²) < 4.78 is 5.05. The van der Waals surface area contributed by atoms with Gasteiger partial charge in [-0.15, -0.1) is 0 Å². The van der Waals surface area contributed by atoms with Crippen molar-refractivity contribution >= 4 is 28.9 Å². The molecule has 0 radical (unpaired) electrons. The average Bonchev–Trinajstić information content (AvgIpc) is 2.59. The van der Waals surface area contributed by atoms with Crippen LogP contribution in [-0.2, 0) is 4.79 Å². The number of benzene rings is 2. The number of halogens is 1. The van der Waals surface area contributed by atoms with E-state index in [1.54, 1.807) is 43.5 Å². The van der Waals surface area contributed by atoms with Crippen molar-refractivity contribution in [3.05, 3.63) is 64.8 Å². The first-order valence-electron chi connectivity index (χ1n) is 7.12. The molecular weight excluding hydrogens is 326 g/mol. The van der Waals surface area contributed by atoms with Gasteiger partial charge >= 0.3 is 0 Å². The summed E-state index contributed by atoms with van der Waals surface area (Å²) in [4.78, 5) is 12.2. The molecule has 0 spiro atoms. The number of carbonyl (C=O) groups excluding carboxylic acids is 1. The number of hydrogen-bond donors (Lipinski definition) is 2. The quantitative estimate of drug-likeness (QED) is 0.634. The van der Waals surface area contributed by atoms with Gasteiger partial charge in [0.1, 0.15) is 17.4 Å². The van der Waals surface area contributed by atoms with E-state index >= 15 is 0 Å². The summed E-state index contributed by atoms with van der Waals surface area (Å²) in [5.41, 5.74) is 2.20. The van der Waals surface area contributed by atoms with Gasteiger partial charge in [-0.05, 0) is 48.9 Å². The number of ether oxygens (including phenoxy) is 1. The molecule has 2 N–H and O–H groups in total. The molecule has 2 rings (SSSR count). The van der Waals surface area contributed by atoms with Crippen molar-refractivity contribution < 1.29 is 9.53 Å². The number of amides is 1. The number of carbonyl (C=O) groups is 1. The molecule has 1 amide bonds. The summed E-state index contributed by atoms with van der Waals surface area (Å²) in [6, 6.07) is 14.1. The third kappa shape index (κ3) is 4.51. The minimum absolute atomic E-state index is 0.0507. The van der Waals surface area contributed by atoms with Gasteiger partial charge in [-0.1, -0.05) is 17.7 Å². The minimum Gasteiger partial charge on any atom is -0.497 e. The second kappa shape index (κ2) is 8.04. The van der Waals surface area contributed by atoms with Gasteiger partial charge in [0.05, 0.1) is 7.11 Å². The predicted octanol–water partition coefficient (Wildman–Crippen LogP) is 4.12. The first-order chi connectivity index (χ1) is 11.5. The molecule has 0 aliphatic heterocycles. The molecule has 0 saturated carbocycles. The number of rotatable bonds is 5. The molecule has 0 aliphatic carbocycles. The van der Waals surface area contributed by atoms with Crippen molar-refractivity contribution in [3.63, 3.8) is 0 Å². The van der Waals surface area contributed by atoms with Gasteiger partial charge < -0.3 is 15.4 Å². The first kappa shape index (κ1) is 17.4. The number of anilines is 2. The number of hydrogen-bond acceptors (Lipinski definition) is 4. The molecule has 0 aliphatic rings. The Morgan fingerprint density at radius 1 is 1.25 bits per heavy atom. The standard InChI is InChI=1S/C18H16ClN3O2/c1-12-3-4-14(19)9-17(12)21-11-13(10-20)18(23)22-15-5-7-16(24-2)8-6-15/h3-9,11,21H,1-2H3,(H,22,23)/b13-11-. The van der Waals surface area contributed by atoms with Crippen LogP contribution in [0.2, 0.25) is 5.02 Å². The number of nitrogens with zero attached hydrogens (tertiary/aromatic N) is 1. The third-order valence-electron chi connectivity index (χ3n) is 3.28. The number of aryl methyl sites for hydroxylation is 1. The highest BCUT2D eigenvalue weighted by atomic mass is 35.5. The Labute approximate surface area is 145 Å². The molecular formula is C18H16ClN3O2. The highest BCUT2D eigenvalue weighted by Crippen LogP contribution is 2.20. The normalized spacial score (nSPS) is 10.7. The summed E-state index contributed by atoms with van der Waals surface area (Å²) >= 11 is 5.95. The lowest BCUT2D eigenvalue weighted by molar-refractivity contribution is -0.112. The van der Waals surface area contributed by atoms with Crippen molar-refractivity contribution in [2.75, 3.05) is 17.7 Å². The lowest BCUT2D eigenvalue weighted by Crippen LogP contribution is -2.14. The van der Waals surface area contributed by atoms with Crippen molar-refractivity contribution in [1.29, 1.82) is 5.26 Å². The summed E-state index contributed by atoms with van der Waals surface area (Å²) in [7, 11) is 1.56. The Hall–Kier alpha value is -2.97. The molecule has 0 heterocycles. The van der Waals surface area contributed by atoms with Crippen LogP contribution in [0.1, 0.15) is 5.56 Å². The van der Waals surface area contributed by atoms with Crippen molar-refractivity contribution in [3.8, 4) is 11.8 Å². The Kier molecular flexibility index (Phi) is 5.83. The van der Waals surface area contributed by atoms with Gasteiger partial charge in [0, 0.05) is 22.6 Å². The van der Waals surface area contributed by atoms with Crippen LogP contribution >= 0.6 is 11.6 Å². The first-order valence-corrected chi connectivity index (χ1v) is 7.49. The monoisotopic (exact) mass is 341 g/mol. The van der Waals surface area contributed by atoms with E-state index in [2.05, 4.69) is 10.6 Å². The highest BCUT2D eigenvalue weighted by Gasteiger charge is 2.09. The molecule has 2 aromatic rings. The molecule has 0 bridgehead atoms. The van der Waals surface area contributed by atoms with Gasteiger partial charge in [-0.2, -0.15) is 5.26 Å². The van der Waals surface area contributed by atoms with Crippen LogP contribution in [0.3, 0.4) is 0 Å². The second-order valence-electron chi connectivity index (χ2n) is 4.96. The smallest absolute Gasteiger partial charge is 0.267 e. The lowest BCUT2D eigenvalue weighted by Gasteiger charge is -2.08. The van der Waals surface area contributed by atoms with Crippen LogP contribution in [-0.4, -0.2) is 13.0 Å². The van der Waals surface area contributed by atoms with Crippen LogP contribution in [0.4, 0.5) is 11.4 Å². The molecule has 122 valence electrons. The molecule has 6 heteroatoms. The fraction of sp³-hybridized carbons (Fsp3) is 0.111. The van der Waals surface area contributed by atoms with Crippen molar-refractivity contribution in [2.45, 2.75) is 6.92 Å². The van der Waals surface area contributed by atoms with Crippen LogP contribution in [0.5, 0.6) is 5.75 Å². The summed E-state index contributed by atoms with van der Waals surface area (Å²) in [6.07, 6.45) is 1.36. The predicted molar refractivity (Wildman–Crippen MR) is 95.1 cm³/mol. The van der Waals surface area contributed by atoms with Gasteiger partial charge in [-0.25, -0.2) is 0 Å². The Morgan fingerprint density at radius 3 is 2.58 bits per heavy atom. The fourth-order valence-electron chi connectivity index (χ4n) is 1.92. The van der Waals surface area contributed by atoms with Gasteiger partial charge in [-0.3, -0.25) is 4.79 Å². The van der Waals surface area contributed by atoms with Gasteiger partial charge in [0.25, 0.3) is 5.91 Å². The maximum atomic E-state index is 12.2. The van der Waals surface area contributed by atoms with Crippen LogP contribution in [0.15, 0.2) is 54.2 Å². The average molecular weight is 342 g/mol. The Balaban J connectivity index is 2.10. The molecule has 2 aromatic carbocycles. The largest absolute Gasteiger partial charge is 0.497 e. The molecule has 0 aromatic heterocycles. The minimum atomic E-state index is -0.505. The molecule has 0 saturated heterocycles.